The largest absolute Gasteiger partial charge is 0.461 e. The number of aromatic nitrogens is 2. The summed E-state index contributed by atoms with van der Waals surface area (Å²) in [5.41, 5.74) is 2.30. The Balaban J connectivity index is 1.88. The Morgan fingerprint density at radius 2 is 2.32 bits per heavy atom. The minimum atomic E-state index is -0.326. The molecule has 1 fully saturated rings. The summed E-state index contributed by atoms with van der Waals surface area (Å²) in [7, 11) is 0. The van der Waals surface area contributed by atoms with E-state index >= 15 is 0 Å². The molecule has 0 saturated carbocycles. The molecule has 0 radical (unpaired) electrons. The Morgan fingerprint density at radius 1 is 1.50 bits per heavy atom. The molecule has 1 atom stereocenters. The predicted octanol–water partition coefficient (Wildman–Crippen LogP) is 3.41. The maximum Gasteiger partial charge on any atom is 0.354 e. The van der Waals surface area contributed by atoms with Gasteiger partial charge in [-0.15, -0.1) is 0 Å². The Morgan fingerprint density at radius 3 is 3.05 bits per heavy atom. The second kappa shape index (κ2) is 5.72. The van der Waals surface area contributed by atoms with Gasteiger partial charge < -0.3 is 14.5 Å². The Kier molecular flexibility index (Phi) is 3.91. The highest BCUT2D eigenvalue weighted by Crippen LogP contribution is 2.35. The van der Waals surface area contributed by atoms with Crippen molar-refractivity contribution in [3.63, 3.8) is 0 Å². The van der Waals surface area contributed by atoms with Crippen LogP contribution in [0.1, 0.15) is 55.7 Å². The SMILES string of the molecule is CCOC(=O)c1cc2cc(C3CCOC(C)(C)C3)ncc2[nH]1. The number of esters is 1. The number of carbonyl (C=O) groups excluding carboxylic acids is 1. The van der Waals surface area contributed by atoms with Crippen molar-refractivity contribution < 1.29 is 14.3 Å². The molecular weight excluding hydrogens is 280 g/mol. The van der Waals surface area contributed by atoms with E-state index in [1.807, 2.05) is 6.07 Å². The van der Waals surface area contributed by atoms with Gasteiger partial charge in [0, 0.05) is 23.6 Å². The number of aromatic amines is 1. The molecule has 2 aromatic heterocycles. The minimum Gasteiger partial charge on any atom is -0.461 e. The monoisotopic (exact) mass is 302 g/mol. The van der Waals surface area contributed by atoms with E-state index in [0.29, 0.717) is 18.2 Å². The highest BCUT2D eigenvalue weighted by molar-refractivity contribution is 5.94. The lowest BCUT2D eigenvalue weighted by Crippen LogP contribution is -2.33. The van der Waals surface area contributed by atoms with Crippen molar-refractivity contribution in [2.75, 3.05) is 13.2 Å². The van der Waals surface area contributed by atoms with Crippen LogP contribution in [0.25, 0.3) is 10.9 Å². The van der Waals surface area contributed by atoms with Crippen molar-refractivity contribution in [3.05, 3.63) is 29.7 Å². The number of pyridine rings is 1. The summed E-state index contributed by atoms with van der Waals surface area (Å²) in [5.74, 6) is 0.0709. The first kappa shape index (κ1) is 15.0. The maximum atomic E-state index is 11.8. The van der Waals surface area contributed by atoms with Gasteiger partial charge in [-0.1, -0.05) is 0 Å². The summed E-state index contributed by atoms with van der Waals surface area (Å²) >= 11 is 0. The molecule has 3 rings (SSSR count). The zero-order valence-corrected chi connectivity index (χ0v) is 13.3. The van der Waals surface area contributed by atoms with Crippen LogP contribution >= 0.6 is 0 Å². The molecule has 1 unspecified atom stereocenters. The molecule has 22 heavy (non-hydrogen) atoms. The number of rotatable bonds is 3. The molecule has 0 spiro atoms. The number of nitrogens with one attached hydrogen (secondary N) is 1. The molecule has 0 amide bonds. The van der Waals surface area contributed by atoms with Crippen LogP contribution in [-0.4, -0.2) is 34.8 Å². The standard InChI is InChI=1S/C17H22N2O3/c1-4-21-16(20)14-8-12-7-13(18-10-15(12)19-14)11-5-6-22-17(2,3)9-11/h7-8,10-11,19H,4-6,9H2,1-3H3. The lowest BCUT2D eigenvalue weighted by Gasteiger charge is -2.35. The average molecular weight is 302 g/mol. The molecule has 118 valence electrons. The van der Waals surface area contributed by atoms with Crippen LogP contribution in [0.5, 0.6) is 0 Å². The Bertz CT molecular complexity index is 690. The second-order valence-electron chi connectivity index (χ2n) is 6.40. The van der Waals surface area contributed by atoms with Gasteiger partial charge in [-0.25, -0.2) is 4.79 Å². The molecule has 5 heteroatoms. The average Bonchev–Trinajstić information content (AvgIpc) is 2.89. The van der Waals surface area contributed by atoms with E-state index in [0.717, 1.165) is 36.0 Å². The van der Waals surface area contributed by atoms with Crippen LogP contribution in [0, 0.1) is 0 Å². The van der Waals surface area contributed by atoms with Crippen LogP contribution in [0.4, 0.5) is 0 Å². The van der Waals surface area contributed by atoms with Gasteiger partial charge >= 0.3 is 5.97 Å². The van der Waals surface area contributed by atoms with E-state index in [2.05, 4.69) is 29.9 Å². The predicted molar refractivity (Wildman–Crippen MR) is 84.1 cm³/mol. The zero-order valence-electron chi connectivity index (χ0n) is 13.3. The minimum absolute atomic E-state index is 0.103. The van der Waals surface area contributed by atoms with Gasteiger partial charge in [0.05, 0.1) is 23.9 Å². The first-order valence-corrected chi connectivity index (χ1v) is 7.78. The van der Waals surface area contributed by atoms with Crippen molar-refractivity contribution in [2.24, 2.45) is 0 Å². The Labute approximate surface area is 130 Å². The Hall–Kier alpha value is -1.88. The smallest absolute Gasteiger partial charge is 0.354 e. The topological polar surface area (TPSA) is 64.2 Å². The van der Waals surface area contributed by atoms with Gasteiger partial charge in [-0.05, 0) is 45.7 Å². The highest BCUT2D eigenvalue weighted by Gasteiger charge is 2.30. The van der Waals surface area contributed by atoms with E-state index in [9.17, 15) is 4.79 Å². The third kappa shape index (κ3) is 2.99. The second-order valence-corrected chi connectivity index (χ2v) is 6.40. The van der Waals surface area contributed by atoms with Crippen LogP contribution in [-0.2, 0) is 9.47 Å². The number of ether oxygens (including phenoxy) is 2. The summed E-state index contributed by atoms with van der Waals surface area (Å²) < 4.78 is 10.8. The zero-order chi connectivity index (χ0) is 15.7. The fourth-order valence-corrected chi connectivity index (χ4v) is 3.07. The van der Waals surface area contributed by atoms with Crippen molar-refractivity contribution in [3.8, 4) is 0 Å². The normalized spacial score (nSPS) is 21.0. The first-order chi connectivity index (χ1) is 10.5. The van der Waals surface area contributed by atoms with Crippen LogP contribution in [0.3, 0.4) is 0 Å². The molecule has 1 aliphatic rings. The van der Waals surface area contributed by atoms with E-state index in [-0.39, 0.29) is 11.6 Å². The van der Waals surface area contributed by atoms with Gasteiger partial charge in [0.2, 0.25) is 0 Å². The molecule has 1 saturated heterocycles. The van der Waals surface area contributed by atoms with E-state index < -0.39 is 0 Å². The van der Waals surface area contributed by atoms with Crippen LogP contribution < -0.4 is 0 Å². The fourth-order valence-electron chi connectivity index (χ4n) is 3.07. The number of hydrogen-bond donors (Lipinski definition) is 1. The summed E-state index contributed by atoms with van der Waals surface area (Å²) in [6, 6.07) is 3.91. The molecule has 2 aromatic rings. The summed E-state index contributed by atoms with van der Waals surface area (Å²) in [6.07, 6.45) is 3.74. The molecule has 0 aromatic carbocycles. The van der Waals surface area contributed by atoms with Crippen molar-refractivity contribution in [1.82, 2.24) is 9.97 Å². The van der Waals surface area contributed by atoms with Gasteiger partial charge in [0.25, 0.3) is 0 Å². The van der Waals surface area contributed by atoms with E-state index in [4.69, 9.17) is 9.47 Å². The third-order valence-electron chi connectivity index (χ3n) is 4.14. The van der Waals surface area contributed by atoms with E-state index in [1.165, 1.54) is 0 Å². The molecule has 0 aliphatic carbocycles. The maximum absolute atomic E-state index is 11.8. The first-order valence-electron chi connectivity index (χ1n) is 7.78. The van der Waals surface area contributed by atoms with E-state index in [1.54, 1.807) is 13.1 Å². The highest BCUT2D eigenvalue weighted by atomic mass is 16.5. The number of H-pyrrole nitrogens is 1. The van der Waals surface area contributed by atoms with Crippen LogP contribution in [0.15, 0.2) is 18.3 Å². The van der Waals surface area contributed by atoms with Crippen molar-refractivity contribution in [2.45, 2.75) is 45.1 Å². The molecule has 0 bridgehead atoms. The van der Waals surface area contributed by atoms with Crippen molar-refractivity contribution in [1.29, 1.82) is 0 Å². The number of fused-ring (bicyclic) bond motifs is 1. The third-order valence-corrected chi connectivity index (χ3v) is 4.14. The molecule has 3 heterocycles. The summed E-state index contributed by atoms with van der Waals surface area (Å²) in [5, 5.41) is 0.998. The number of hydrogen-bond acceptors (Lipinski definition) is 4. The number of nitrogens with zero attached hydrogens (tertiary/aromatic N) is 1. The molecule has 1 aliphatic heterocycles. The fraction of sp³-hybridized carbons (Fsp3) is 0.529. The number of carbonyl (C=O) groups is 1. The lowest BCUT2D eigenvalue weighted by atomic mass is 9.86. The molecule has 5 nitrogen and oxygen atoms in total. The van der Waals surface area contributed by atoms with Gasteiger partial charge in [-0.2, -0.15) is 0 Å². The van der Waals surface area contributed by atoms with Gasteiger partial charge in [0.1, 0.15) is 5.69 Å². The molecule has 1 N–H and O–H groups in total. The van der Waals surface area contributed by atoms with Crippen molar-refractivity contribution >= 4 is 16.9 Å². The van der Waals surface area contributed by atoms with Gasteiger partial charge in [-0.3, -0.25) is 4.98 Å². The summed E-state index contributed by atoms with van der Waals surface area (Å²) in [4.78, 5) is 19.4. The van der Waals surface area contributed by atoms with Crippen LogP contribution in [0.2, 0.25) is 0 Å². The quantitative estimate of drug-likeness (QED) is 0.882. The van der Waals surface area contributed by atoms with Gasteiger partial charge in [0.15, 0.2) is 0 Å². The summed E-state index contributed by atoms with van der Waals surface area (Å²) in [6.45, 7) is 7.17. The molecular formula is C17H22N2O3. The lowest BCUT2D eigenvalue weighted by molar-refractivity contribution is -0.0597.